The molecule has 5 N–H and O–H groups in total. The highest BCUT2D eigenvalue weighted by molar-refractivity contribution is 7.90. The summed E-state index contributed by atoms with van der Waals surface area (Å²) < 4.78 is 40.5. The maximum absolute atomic E-state index is 14.4. The average molecular weight is 900 g/mol. The first-order chi connectivity index (χ1) is 29.6. The normalized spacial score (nSPS) is 18.2. The zero-order valence-corrected chi connectivity index (χ0v) is 40.1. The lowest BCUT2D eigenvalue weighted by Crippen LogP contribution is -2.59. The van der Waals surface area contributed by atoms with Gasteiger partial charge < -0.3 is 35.6 Å². The van der Waals surface area contributed by atoms with Gasteiger partial charge in [-0.15, -0.1) is 0 Å². The van der Waals surface area contributed by atoms with Gasteiger partial charge >= 0.3 is 0 Å². The number of likely N-dealkylation sites (N-methyl/N-ethyl adjacent to an activating group) is 2. The van der Waals surface area contributed by atoms with Crippen molar-refractivity contribution < 1.29 is 41.9 Å². The van der Waals surface area contributed by atoms with Gasteiger partial charge in [0.15, 0.2) is 0 Å². The third-order valence-corrected chi connectivity index (χ3v) is 13.6. The standard InChI is InChI=1S/C46H73N7O9S/c1-13-30(6)41(52(10)46(58)39(28(2)3)49-45(57)40(29(4)5)51(8)9)37(61-11)27-38(54)53-25-17-20-36(53)42(62-12)31(7)43(55)48-35(26-32-18-15-14-16-19-32)44(56)50-63(59,60)34-23-21-33(47)22-24-34/h14-16,18-19,21-24,28-31,35-37,39-42H,13,17,20,25-27,47H2,1-12H3,(H,48,55)(H,49,57)(H,50,56)/t30-,31+,35-,36-,37+,39-,40?,41-,42+/m0/s1. The topological polar surface area (TPSA) is 210 Å². The van der Waals surface area contributed by atoms with E-state index in [9.17, 15) is 32.4 Å². The maximum atomic E-state index is 14.4. The van der Waals surface area contributed by atoms with E-state index in [-0.39, 0.29) is 53.2 Å². The molecule has 1 aliphatic rings. The molecule has 0 spiro atoms. The fourth-order valence-corrected chi connectivity index (χ4v) is 9.70. The molecule has 0 bridgehead atoms. The molecule has 63 heavy (non-hydrogen) atoms. The van der Waals surface area contributed by atoms with Gasteiger partial charge in [0.25, 0.3) is 15.9 Å². The molecule has 0 aromatic heterocycles. The molecule has 2 aromatic carbocycles. The number of amides is 5. The number of methoxy groups -OCH3 is 2. The van der Waals surface area contributed by atoms with Crippen LogP contribution in [0.4, 0.5) is 5.69 Å². The summed E-state index contributed by atoms with van der Waals surface area (Å²) in [6, 6.07) is 10.7. The molecule has 1 saturated heterocycles. The molecule has 0 radical (unpaired) electrons. The summed E-state index contributed by atoms with van der Waals surface area (Å²) >= 11 is 0. The number of anilines is 1. The summed E-state index contributed by atoms with van der Waals surface area (Å²) in [5.74, 6) is -3.41. The van der Waals surface area contributed by atoms with Crippen molar-refractivity contribution in [2.75, 3.05) is 47.6 Å². The van der Waals surface area contributed by atoms with Crippen molar-refractivity contribution in [3.63, 3.8) is 0 Å². The monoisotopic (exact) mass is 900 g/mol. The second kappa shape index (κ2) is 23.9. The summed E-state index contributed by atoms with van der Waals surface area (Å²) in [5, 5.41) is 5.79. The first-order valence-corrected chi connectivity index (χ1v) is 23.4. The van der Waals surface area contributed by atoms with Crippen LogP contribution in [0.2, 0.25) is 0 Å². The maximum Gasteiger partial charge on any atom is 0.264 e. The van der Waals surface area contributed by atoms with E-state index in [1.165, 1.54) is 38.5 Å². The van der Waals surface area contributed by atoms with Gasteiger partial charge in [0.05, 0.1) is 47.6 Å². The number of sulfonamides is 1. The largest absolute Gasteiger partial charge is 0.399 e. The SMILES string of the molecule is CC[C@H](C)[C@@H]([C@@H](CC(=O)N1CCC[C@H]1[C@H](OC)[C@@H](C)C(=O)N[C@@H](Cc1ccccc1)C(=O)NS(=O)(=O)c1ccc(N)cc1)OC)N(C)C(=O)[C@@H](NC(=O)C(C(C)C)N(C)C)C(C)C. The van der Waals surface area contributed by atoms with E-state index in [1.54, 1.807) is 54.1 Å². The van der Waals surface area contributed by atoms with E-state index in [1.807, 2.05) is 60.5 Å². The fourth-order valence-electron chi connectivity index (χ4n) is 8.68. The van der Waals surface area contributed by atoms with E-state index in [4.69, 9.17) is 15.2 Å². The highest BCUT2D eigenvalue weighted by atomic mass is 32.2. The molecule has 17 heteroatoms. The van der Waals surface area contributed by atoms with Gasteiger partial charge in [-0.3, -0.25) is 28.9 Å². The molecule has 1 fully saturated rings. The summed E-state index contributed by atoms with van der Waals surface area (Å²) in [6.45, 7) is 13.8. The summed E-state index contributed by atoms with van der Waals surface area (Å²) in [6.07, 6.45) is 0.315. The molecular formula is C46H73N7O9S. The Morgan fingerprint density at radius 2 is 1.46 bits per heavy atom. The third kappa shape index (κ3) is 14.0. The molecular weight excluding hydrogens is 827 g/mol. The number of carbonyl (C=O) groups is 5. The van der Waals surface area contributed by atoms with Gasteiger partial charge in [-0.2, -0.15) is 0 Å². The second-order valence-electron chi connectivity index (χ2n) is 17.8. The van der Waals surface area contributed by atoms with Crippen LogP contribution in [0.3, 0.4) is 0 Å². The van der Waals surface area contributed by atoms with Crippen molar-refractivity contribution in [2.24, 2.45) is 23.7 Å². The molecule has 1 heterocycles. The van der Waals surface area contributed by atoms with Crippen molar-refractivity contribution >= 4 is 45.2 Å². The Kier molecular flexibility index (Phi) is 20.0. The van der Waals surface area contributed by atoms with Gasteiger partial charge in [-0.1, -0.05) is 85.2 Å². The van der Waals surface area contributed by atoms with Gasteiger partial charge in [0.2, 0.25) is 23.6 Å². The zero-order valence-electron chi connectivity index (χ0n) is 39.3. The zero-order chi connectivity index (χ0) is 47.3. The predicted molar refractivity (Wildman–Crippen MR) is 243 cm³/mol. The van der Waals surface area contributed by atoms with Crippen LogP contribution in [0.5, 0.6) is 0 Å². The Morgan fingerprint density at radius 3 is 1.98 bits per heavy atom. The number of benzene rings is 2. The average Bonchev–Trinajstić information content (AvgIpc) is 3.71. The Bertz CT molecular complexity index is 1920. The number of nitrogens with one attached hydrogen (secondary N) is 3. The first-order valence-electron chi connectivity index (χ1n) is 21.9. The predicted octanol–water partition coefficient (Wildman–Crippen LogP) is 3.45. The van der Waals surface area contributed by atoms with Crippen LogP contribution in [0.15, 0.2) is 59.5 Å². The highest BCUT2D eigenvalue weighted by Gasteiger charge is 2.43. The lowest BCUT2D eigenvalue weighted by atomic mass is 9.89. The molecule has 3 rings (SSSR count). The van der Waals surface area contributed by atoms with E-state index in [0.29, 0.717) is 37.1 Å². The number of nitrogens with two attached hydrogens (primary N) is 1. The smallest absolute Gasteiger partial charge is 0.264 e. The minimum absolute atomic E-state index is 0.000380. The number of rotatable bonds is 23. The molecule has 9 atom stereocenters. The number of likely N-dealkylation sites (tertiary alicyclic amines) is 1. The lowest BCUT2D eigenvalue weighted by molar-refractivity contribution is -0.148. The molecule has 2 aromatic rings. The highest BCUT2D eigenvalue weighted by Crippen LogP contribution is 2.30. The van der Waals surface area contributed by atoms with E-state index < -0.39 is 70.2 Å². The Balaban J connectivity index is 1.83. The number of nitrogens with zero attached hydrogens (tertiary/aromatic N) is 3. The Hall–Kier alpha value is -4.58. The van der Waals surface area contributed by atoms with Crippen LogP contribution in [0.25, 0.3) is 0 Å². The number of carbonyl (C=O) groups excluding carboxylic acids is 5. The summed E-state index contributed by atoms with van der Waals surface area (Å²) in [5.41, 5.74) is 6.77. The molecule has 0 saturated carbocycles. The van der Waals surface area contributed by atoms with Crippen molar-refractivity contribution in [3.8, 4) is 0 Å². The second-order valence-corrected chi connectivity index (χ2v) is 19.4. The van der Waals surface area contributed by atoms with Crippen LogP contribution in [-0.4, -0.2) is 137 Å². The molecule has 16 nitrogen and oxygen atoms in total. The molecule has 352 valence electrons. The van der Waals surface area contributed by atoms with Gasteiger partial charge in [-0.05, 0) is 74.5 Å². The summed E-state index contributed by atoms with van der Waals surface area (Å²) in [4.78, 5) is 74.9. The number of hydrogen-bond donors (Lipinski definition) is 4. The fraction of sp³-hybridized carbons (Fsp3) is 0.630. The van der Waals surface area contributed by atoms with Crippen molar-refractivity contribution in [1.82, 2.24) is 30.1 Å². The van der Waals surface area contributed by atoms with Crippen LogP contribution >= 0.6 is 0 Å². The number of hydrogen-bond acceptors (Lipinski definition) is 11. The lowest BCUT2D eigenvalue weighted by Gasteiger charge is -2.41. The van der Waals surface area contributed by atoms with E-state index in [2.05, 4.69) is 15.4 Å². The third-order valence-electron chi connectivity index (χ3n) is 12.3. The van der Waals surface area contributed by atoms with Crippen LogP contribution < -0.4 is 21.1 Å². The van der Waals surface area contributed by atoms with Crippen molar-refractivity contribution in [1.29, 1.82) is 0 Å². The quantitative estimate of drug-likeness (QED) is 0.119. The Labute approximate surface area is 375 Å². The Morgan fingerprint density at radius 1 is 0.841 bits per heavy atom. The van der Waals surface area contributed by atoms with Crippen molar-refractivity contribution in [3.05, 3.63) is 60.2 Å². The van der Waals surface area contributed by atoms with Crippen LogP contribution in [-0.2, 0) is 49.9 Å². The van der Waals surface area contributed by atoms with Crippen LogP contribution in [0.1, 0.15) is 79.7 Å². The van der Waals surface area contributed by atoms with Crippen molar-refractivity contribution in [2.45, 2.75) is 128 Å². The molecule has 1 unspecified atom stereocenters. The first kappa shape index (κ1) is 52.8. The minimum atomic E-state index is -4.30. The molecule has 0 aliphatic carbocycles. The molecule has 5 amide bonds. The van der Waals surface area contributed by atoms with E-state index in [0.717, 1.165) is 0 Å². The number of ether oxygens (including phenoxy) is 2. The number of nitrogen functional groups attached to an aromatic ring is 1. The van der Waals surface area contributed by atoms with Gasteiger partial charge in [0.1, 0.15) is 12.1 Å². The molecule has 1 aliphatic heterocycles. The van der Waals surface area contributed by atoms with E-state index >= 15 is 0 Å². The van der Waals surface area contributed by atoms with Gasteiger partial charge in [0, 0.05) is 39.9 Å². The van der Waals surface area contributed by atoms with Crippen LogP contribution in [0, 0.1) is 23.7 Å². The summed E-state index contributed by atoms with van der Waals surface area (Å²) in [7, 11) is 4.05. The van der Waals surface area contributed by atoms with Gasteiger partial charge in [-0.25, -0.2) is 13.1 Å². The minimum Gasteiger partial charge on any atom is -0.399 e.